The molecular weight excluding hydrogens is 239 g/mol. The molecule has 0 fully saturated rings. The molecule has 1 nitrogen and oxygen atoms in total. The first-order chi connectivity index (χ1) is 8.34. The Balaban J connectivity index is 2.67. The van der Waals surface area contributed by atoms with Crippen molar-refractivity contribution < 1.29 is 13.2 Å². The fraction of sp³-hybridized carbons (Fsp3) is 0.571. The Hall–Kier alpha value is -1.03. The number of halogens is 3. The standard InChI is InChI=1S/C14H20F3N/c1-10-3-4-12(11(2)9-10)5-6-13(7-8-18)14(15,16)17/h3-4,9,13H,5-8,18H2,1-2H3. The molecule has 1 aromatic rings. The molecule has 0 saturated heterocycles. The highest BCUT2D eigenvalue weighted by Gasteiger charge is 2.38. The highest BCUT2D eigenvalue weighted by atomic mass is 19.4. The Morgan fingerprint density at radius 1 is 1.17 bits per heavy atom. The lowest BCUT2D eigenvalue weighted by Gasteiger charge is -2.20. The summed E-state index contributed by atoms with van der Waals surface area (Å²) in [6, 6.07) is 5.86. The van der Waals surface area contributed by atoms with Crippen LogP contribution in [0.3, 0.4) is 0 Å². The monoisotopic (exact) mass is 259 g/mol. The van der Waals surface area contributed by atoms with E-state index in [-0.39, 0.29) is 19.4 Å². The van der Waals surface area contributed by atoms with Gasteiger partial charge in [-0.1, -0.05) is 23.8 Å². The van der Waals surface area contributed by atoms with E-state index in [2.05, 4.69) is 0 Å². The van der Waals surface area contributed by atoms with Crippen molar-refractivity contribution in [3.63, 3.8) is 0 Å². The Kier molecular flexibility index (Phi) is 5.20. The van der Waals surface area contributed by atoms with Gasteiger partial charge in [0.15, 0.2) is 0 Å². The van der Waals surface area contributed by atoms with Crippen molar-refractivity contribution in [2.24, 2.45) is 11.7 Å². The Bertz CT molecular complexity index is 385. The average Bonchev–Trinajstić information content (AvgIpc) is 2.24. The minimum absolute atomic E-state index is 0.00834. The fourth-order valence-electron chi connectivity index (χ4n) is 2.13. The maximum absolute atomic E-state index is 12.7. The lowest BCUT2D eigenvalue weighted by molar-refractivity contribution is -0.177. The molecule has 4 heteroatoms. The molecule has 0 amide bonds. The van der Waals surface area contributed by atoms with Crippen LogP contribution in [0.25, 0.3) is 0 Å². The number of hydrogen-bond acceptors (Lipinski definition) is 1. The van der Waals surface area contributed by atoms with E-state index >= 15 is 0 Å². The van der Waals surface area contributed by atoms with Crippen molar-refractivity contribution in [3.05, 3.63) is 34.9 Å². The molecule has 102 valence electrons. The summed E-state index contributed by atoms with van der Waals surface area (Å²) >= 11 is 0. The smallest absolute Gasteiger partial charge is 0.330 e. The van der Waals surface area contributed by atoms with Gasteiger partial charge in [0.2, 0.25) is 0 Å². The quantitative estimate of drug-likeness (QED) is 0.856. The van der Waals surface area contributed by atoms with Crippen molar-refractivity contribution in [2.45, 2.75) is 39.3 Å². The van der Waals surface area contributed by atoms with E-state index in [1.807, 2.05) is 32.0 Å². The second kappa shape index (κ2) is 6.23. The van der Waals surface area contributed by atoms with Gasteiger partial charge < -0.3 is 5.73 Å². The number of rotatable bonds is 5. The van der Waals surface area contributed by atoms with Crippen LogP contribution in [0.4, 0.5) is 13.2 Å². The van der Waals surface area contributed by atoms with E-state index in [4.69, 9.17) is 5.73 Å². The first kappa shape index (κ1) is 15.0. The van der Waals surface area contributed by atoms with Crippen LogP contribution in [0.2, 0.25) is 0 Å². The van der Waals surface area contributed by atoms with E-state index in [1.165, 1.54) is 0 Å². The number of aryl methyl sites for hydroxylation is 3. The predicted molar refractivity (Wildman–Crippen MR) is 67.5 cm³/mol. The highest BCUT2D eigenvalue weighted by molar-refractivity contribution is 5.30. The summed E-state index contributed by atoms with van der Waals surface area (Å²) in [6.07, 6.45) is -3.56. The maximum Gasteiger partial charge on any atom is 0.391 e. The predicted octanol–water partition coefficient (Wildman–Crippen LogP) is 3.76. The van der Waals surface area contributed by atoms with E-state index in [0.29, 0.717) is 6.42 Å². The average molecular weight is 259 g/mol. The van der Waals surface area contributed by atoms with Gasteiger partial charge in [-0.25, -0.2) is 0 Å². The first-order valence-corrected chi connectivity index (χ1v) is 6.17. The van der Waals surface area contributed by atoms with Crippen molar-refractivity contribution in [1.29, 1.82) is 0 Å². The summed E-state index contributed by atoms with van der Waals surface area (Å²) in [5, 5.41) is 0. The molecule has 1 unspecified atom stereocenters. The summed E-state index contributed by atoms with van der Waals surface area (Å²) in [5.41, 5.74) is 8.43. The topological polar surface area (TPSA) is 26.0 Å². The third-order valence-corrected chi connectivity index (χ3v) is 3.24. The maximum atomic E-state index is 12.7. The van der Waals surface area contributed by atoms with Crippen LogP contribution >= 0.6 is 0 Å². The Labute approximate surface area is 106 Å². The van der Waals surface area contributed by atoms with Crippen LogP contribution in [0.5, 0.6) is 0 Å². The van der Waals surface area contributed by atoms with E-state index < -0.39 is 12.1 Å². The molecule has 2 N–H and O–H groups in total. The van der Waals surface area contributed by atoms with Gasteiger partial charge in [0, 0.05) is 0 Å². The molecule has 0 aliphatic carbocycles. The first-order valence-electron chi connectivity index (χ1n) is 6.17. The lowest BCUT2D eigenvalue weighted by atomic mass is 9.93. The normalized spacial score (nSPS) is 13.7. The van der Waals surface area contributed by atoms with Crippen molar-refractivity contribution in [1.82, 2.24) is 0 Å². The minimum Gasteiger partial charge on any atom is -0.330 e. The zero-order valence-electron chi connectivity index (χ0n) is 10.8. The van der Waals surface area contributed by atoms with Crippen molar-refractivity contribution >= 4 is 0 Å². The van der Waals surface area contributed by atoms with Gasteiger partial charge in [0.05, 0.1) is 5.92 Å². The number of benzene rings is 1. The molecule has 0 aliphatic heterocycles. The third-order valence-electron chi connectivity index (χ3n) is 3.24. The minimum atomic E-state index is -4.14. The second-order valence-electron chi connectivity index (χ2n) is 4.78. The van der Waals surface area contributed by atoms with Crippen LogP contribution in [0, 0.1) is 19.8 Å². The fourth-order valence-corrected chi connectivity index (χ4v) is 2.13. The summed E-state index contributed by atoms with van der Waals surface area (Å²) in [7, 11) is 0. The Morgan fingerprint density at radius 2 is 1.83 bits per heavy atom. The van der Waals surface area contributed by atoms with Crippen molar-refractivity contribution in [3.8, 4) is 0 Å². The van der Waals surface area contributed by atoms with Crippen LogP contribution in [0.15, 0.2) is 18.2 Å². The van der Waals surface area contributed by atoms with E-state index in [1.54, 1.807) is 0 Å². The SMILES string of the molecule is Cc1ccc(CCC(CCN)C(F)(F)F)c(C)c1. The summed E-state index contributed by atoms with van der Waals surface area (Å²) in [5.74, 6) is -1.29. The molecule has 0 radical (unpaired) electrons. The van der Waals surface area contributed by atoms with Crippen LogP contribution in [-0.4, -0.2) is 12.7 Å². The van der Waals surface area contributed by atoms with Gasteiger partial charge in [-0.05, 0) is 50.8 Å². The third kappa shape index (κ3) is 4.33. The molecule has 0 spiro atoms. The molecular formula is C14H20F3N. The molecule has 0 aliphatic rings. The van der Waals surface area contributed by atoms with Gasteiger partial charge in [0.25, 0.3) is 0 Å². The van der Waals surface area contributed by atoms with Gasteiger partial charge in [-0.15, -0.1) is 0 Å². The van der Waals surface area contributed by atoms with Crippen LogP contribution < -0.4 is 5.73 Å². The van der Waals surface area contributed by atoms with E-state index in [9.17, 15) is 13.2 Å². The molecule has 1 atom stereocenters. The molecule has 0 saturated carbocycles. The van der Waals surface area contributed by atoms with Crippen molar-refractivity contribution in [2.75, 3.05) is 6.54 Å². The Morgan fingerprint density at radius 3 is 2.33 bits per heavy atom. The van der Waals surface area contributed by atoms with Crippen LogP contribution in [0.1, 0.15) is 29.5 Å². The molecule has 1 aromatic carbocycles. The molecule has 1 rings (SSSR count). The molecule has 0 heterocycles. The molecule has 18 heavy (non-hydrogen) atoms. The number of nitrogens with two attached hydrogens (primary N) is 1. The zero-order valence-corrected chi connectivity index (χ0v) is 10.8. The largest absolute Gasteiger partial charge is 0.391 e. The summed E-state index contributed by atoms with van der Waals surface area (Å²) in [4.78, 5) is 0. The molecule has 0 aromatic heterocycles. The van der Waals surface area contributed by atoms with Gasteiger partial charge in [-0.2, -0.15) is 13.2 Å². The summed E-state index contributed by atoms with van der Waals surface area (Å²) < 4.78 is 38.2. The lowest BCUT2D eigenvalue weighted by Crippen LogP contribution is -2.26. The van der Waals surface area contributed by atoms with Gasteiger partial charge in [-0.3, -0.25) is 0 Å². The zero-order chi connectivity index (χ0) is 13.8. The summed E-state index contributed by atoms with van der Waals surface area (Å²) in [6.45, 7) is 3.99. The van der Waals surface area contributed by atoms with Gasteiger partial charge in [0.1, 0.15) is 0 Å². The second-order valence-corrected chi connectivity index (χ2v) is 4.78. The number of hydrogen-bond donors (Lipinski definition) is 1. The highest BCUT2D eigenvalue weighted by Crippen LogP contribution is 2.32. The van der Waals surface area contributed by atoms with Gasteiger partial charge >= 0.3 is 6.18 Å². The number of alkyl halides is 3. The molecule has 0 bridgehead atoms. The van der Waals surface area contributed by atoms with Crippen LogP contribution in [-0.2, 0) is 6.42 Å². The van der Waals surface area contributed by atoms with E-state index in [0.717, 1.165) is 16.7 Å².